The van der Waals surface area contributed by atoms with E-state index >= 15 is 0 Å². The zero-order valence-corrected chi connectivity index (χ0v) is 11.2. The maximum Gasteiger partial charge on any atom is 0.374 e. The van der Waals surface area contributed by atoms with Crippen LogP contribution in [0.3, 0.4) is 0 Å². The average molecular weight is 263 g/mol. The molecule has 1 aromatic heterocycles. The van der Waals surface area contributed by atoms with Gasteiger partial charge in [-0.05, 0) is 50.9 Å². The molecule has 104 valence electrons. The number of esters is 1. The quantitative estimate of drug-likeness (QED) is 0.786. The number of rotatable bonds is 3. The van der Waals surface area contributed by atoms with Crippen LogP contribution in [0.25, 0.3) is 0 Å². The van der Waals surface area contributed by atoms with Gasteiger partial charge in [-0.3, -0.25) is 4.90 Å². The van der Waals surface area contributed by atoms with E-state index in [0.717, 1.165) is 0 Å². The monoisotopic (exact) mass is 263 g/mol. The van der Waals surface area contributed by atoms with Gasteiger partial charge in [-0.1, -0.05) is 6.42 Å². The van der Waals surface area contributed by atoms with Crippen LogP contribution < -0.4 is 0 Å². The Morgan fingerprint density at radius 3 is 3.05 bits per heavy atom. The number of hydrogen-bond acceptors (Lipinski definition) is 4. The molecule has 2 saturated heterocycles. The SMILES string of the molecule is O=C(OCC1CCCN2CCCCC12)c1ccco1. The molecule has 0 aromatic carbocycles. The molecule has 0 spiro atoms. The third kappa shape index (κ3) is 2.84. The Bertz CT molecular complexity index is 413. The van der Waals surface area contributed by atoms with Gasteiger partial charge in [0.1, 0.15) is 0 Å². The fraction of sp³-hybridized carbons (Fsp3) is 0.667. The van der Waals surface area contributed by atoms with Crippen LogP contribution in [0.2, 0.25) is 0 Å². The summed E-state index contributed by atoms with van der Waals surface area (Å²) >= 11 is 0. The Balaban J connectivity index is 1.55. The van der Waals surface area contributed by atoms with Crippen molar-refractivity contribution in [2.45, 2.75) is 38.1 Å². The lowest BCUT2D eigenvalue weighted by atomic mass is 9.84. The molecule has 3 heterocycles. The topological polar surface area (TPSA) is 42.7 Å². The van der Waals surface area contributed by atoms with Gasteiger partial charge in [-0.2, -0.15) is 0 Å². The Morgan fingerprint density at radius 2 is 2.21 bits per heavy atom. The van der Waals surface area contributed by atoms with Crippen LogP contribution >= 0.6 is 0 Å². The number of carbonyl (C=O) groups excluding carboxylic acids is 1. The van der Waals surface area contributed by atoms with Crippen molar-refractivity contribution in [2.24, 2.45) is 5.92 Å². The third-order valence-electron chi connectivity index (χ3n) is 4.38. The summed E-state index contributed by atoms with van der Waals surface area (Å²) in [6.07, 6.45) is 7.77. The van der Waals surface area contributed by atoms with Crippen molar-refractivity contribution in [3.8, 4) is 0 Å². The highest BCUT2D eigenvalue weighted by atomic mass is 16.5. The van der Waals surface area contributed by atoms with Crippen molar-refractivity contribution in [3.05, 3.63) is 24.2 Å². The Labute approximate surface area is 113 Å². The molecule has 2 aliphatic rings. The van der Waals surface area contributed by atoms with Crippen LogP contribution in [-0.2, 0) is 4.74 Å². The maximum absolute atomic E-state index is 11.8. The predicted octanol–water partition coefficient (Wildman–Crippen LogP) is 2.70. The largest absolute Gasteiger partial charge is 0.459 e. The van der Waals surface area contributed by atoms with Gasteiger partial charge >= 0.3 is 5.97 Å². The van der Waals surface area contributed by atoms with Gasteiger partial charge in [0.2, 0.25) is 5.76 Å². The van der Waals surface area contributed by atoms with Crippen molar-refractivity contribution in [3.63, 3.8) is 0 Å². The molecule has 1 aromatic rings. The molecule has 19 heavy (non-hydrogen) atoms. The van der Waals surface area contributed by atoms with E-state index in [1.807, 2.05) is 0 Å². The number of furan rings is 1. The summed E-state index contributed by atoms with van der Waals surface area (Å²) in [5.74, 6) is 0.460. The molecule has 4 nitrogen and oxygen atoms in total. The zero-order chi connectivity index (χ0) is 13.1. The van der Waals surface area contributed by atoms with Crippen molar-refractivity contribution in [1.82, 2.24) is 4.90 Å². The van der Waals surface area contributed by atoms with Gasteiger partial charge in [0, 0.05) is 12.0 Å². The van der Waals surface area contributed by atoms with Crippen LogP contribution in [-0.4, -0.2) is 36.6 Å². The molecular weight excluding hydrogens is 242 g/mol. The van der Waals surface area contributed by atoms with E-state index in [4.69, 9.17) is 9.15 Å². The van der Waals surface area contributed by atoms with Crippen LogP contribution in [0.5, 0.6) is 0 Å². The lowest BCUT2D eigenvalue weighted by Crippen LogP contribution is -2.49. The summed E-state index contributed by atoms with van der Waals surface area (Å²) in [5.41, 5.74) is 0. The predicted molar refractivity (Wildman–Crippen MR) is 70.9 cm³/mol. The molecule has 3 rings (SSSR count). The molecule has 0 amide bonds. The van der Waals surface area contributed by atoms with Crippen molar-refractivity contribution in [1.29, 1.82) is 0 Å². The second kappa shape index (κ2) is 5.78. The van der Waals surface area contributed by atoms with E-state index in [0.29, 0.717) is 24.3 Å². The van der Waals surface area contributed by atoms with Crippen molar-refractivity contribution < 1.29 is 13.9 Å². The van der Waals surface area contributed by atoms with Crippen LogP contribution in [0.4, 0.5) is 0 Å². The van der Waals surface area contributed by atoms with E-state index in [1.165, 1.54) is 51.5 Å². The third-order valence-corrected chi connectivity index (χ3v) is 4.38. The van der Waals surface area contributed by atoms with E-state index in [-0.39, 0.29) is 5.97 Å². The van der Waals surface area contributed by atoms with Gasteiger partial charge in [-0.15, -0.1) is 0 Å². The number of piperidine rings is 2. The molecular formula is C15H21NO3. The van der Waals surface area contributed by atoms with E-state index in [2.05, 4.69) is 4.90 Å². The van der Waals surface area contributed by atoms with Gasteiger partial charge in [0.15, 0.2) is 0 Å². The first-order valence-electron chi connectivity index (χ1n) is 7.29. The summed E-state index contributed by atoms with van der Waals surface area (Å²) in [6.45, 7) is 2.96. The molecule has 0 bridgehead atoms. The minimum atomic E-state index is -0.335. The highest BCUT2D eigenvalue weighted by molar-refractivity contribution is 5.86. The summed E-state index contributed by atoms with van der Waals surface area (Å²) in [6, 6.07) is 3.97. The number of carbonyl (C=O) groups is 1. The molecule has 0 N–H and O–H groups in total. The lowest BCUT2D eigenvalue weighted by molar-refractivity contribution is 0.00552. The first-order valence-corrected chi connectivity index (χ1v) is 7.29. The minimum Gasteiger partial charge on any atom is -0.459 e. The lowest BCUT2D eigenvalue weighted by Gasteiger charge is -2.44. The molecule has 2 atom stereocenters. The van der Waals surface area contributed by atoms with Crippen molar-refractivity contribution in [2.75, 3.05) is 19.7 Å². The minimum absolute atomic E-state index is 0.302. The van der Waals surface area contributed by atoms with Crippen LogP contribution in [0, 0.1) is 5.92 Å². The number of nitrogens with zero attached hydrogens (tertiary/aromatic N) is 1. The molecule has 4 heteroatoms. The van der Waals surface area contributed by atoms with E-state index in [9.17, 15) is 4.79 Å². The van der Waals surface area contributed by atoms with Crippen LogP contribution in [0.15, 0.2) is 22.8 Å². The normalized spacial score (nSPS) is 27.8. The zero-order valence-electron chi connectivity index (χ0n) is 11.2. The van der Waals surface area contributed by atoms with Gasteiger partial charge in [-0.25, -0.2) is 4.79 Å². The fourth-order valence-corrected chi connectivity index (χ4v) is 3.42. The molecule has 2 aliphatic heterocycles. The van der Waals surface area contributed by atoms with Gasteiger partial charge < -0.3 is 9.15 Å². The van der Waals surface area contributed by atoms with Crippen molar-refractivity contribution >= 4 is 5.97 Å². The number of hydrogen-bond donors (Lipinski definition) is 0. The average Bonchev–Trinajstić information content (AvgIpc) is 2.99. The van der Waals surface area contributed by atoms with E-state index in [1.54, 1.807) is 12.1 Å². The fourth-order valence-electron chi connectivity index (χ4n) is 3.42. The molecule has 2 unspecified atom stereocenters. The smallest absolute Gasteiger partial charge is 0.374 e. The van der Waals surface area contributed by atoms with Gasteiger partial charge in [0.25, 0.3) is 0 Å². The Hall–Kier alpha value is -1.29. The highest BCUT2D eigenvalue weighted by Gasteiger charge is 2.33. The number of fused-ring (bicyclic) bond motifs is 1. The van der Waals surface area contributed by atoms with E-state index < -0.39 is 0 Å². The second-order valence-electron chi connectivity index (χ2n) is 5.58. The summed E-state index contributed by atoms with van der Waals surface area (Å²) in [4.78, 5) is 14.4. The first-order chi connectivity index (χ1) is 9.34. The van der Waals surface area contributed by atoms with Gasteiger partial charge in [0.05, 0.1) is 12.9 Å². The maximum atomic E-state index is 11.8. The summed E-state index contributed by atoms with van der Waals surface area (Å²) in [5, 5.41) is 0. The first kappa shape index (κ1) is 12.7. The molecule has 2 fully saturated rings. The standard InChI is InChI=1S/C15H21NO3/c17-15(14-7-4-10-18-14)19-11-12-5-3-9-16-8-2-1-6-13(12)16/h4,7,10,12-13H,1-3,5-6,8-9,11H2. The summed E-state index contributed by atoms with van der Waals surface area (Å²) < 4.78 is 10.5. The molecule has 0 saturated carbocycles. The Kier molecular flexibility index (Phi) is 3.87. The Morgan fingerprint density at radius 1 is 1.32 bits per heavy atom. The second-order valence-corrected chi connectivity index (χ2v) is 5.58. The molecule has 0 radical (unpaired) electrons. The highest BCUT2D eigenvalue weighted by Crippen LogP contribution is 2.31. The summed E-state index contributed by atoms with van der Waals surface area (Å²) in [7, 11) is 0. The van der Waals surface area contributed by atoms with Crippen LogP contribution in [0.1, 0.15) is 42.7 Å². The molecule has 0 aliphatic carbocycles. The number of ether oxygens (including phenoxy) is 1.